The number of halogens is 1. The number of anilines is 1. The Labute approximate surface area is 210 Å². The van der Waals surface area contributed by atoms with Gasteiger partial charge >= 0.3 is 5.97 Å². The number of sulfonamides is 1. The second-order valence-corrected chi connectivity index (χ2v) is 10.1. The maximum atomic E-state index is 12.8. The number of thiophene rings is 1. The maximum absolute atomic E-state index is 12.8. The van der Waals surface area contributed by atoms with Gasteiger partial charge in [0, 0.05) is 5.56 Å². The highest BCUT2D eigenvalue weighted by Crippen LogP contribution is 2.32. The first-order valence-corrected chi connectivity index (χ1v) is 12.6. The molecule has 3 rings (SSSR count). The average Bonchev–Trinajstić information content (AvgIpc) is 3.37. The highest BCUT2D eigenvalue weighted by Gasteiger charge is 2.22. The number of carbonyl (C=O) groups excluding carboxylic acids is 1. The summed E-state index contributed by atoms with van der Waals surface area (Å²) in [5.74, 6) is -1.52. The van der Waals surface area contributed by atoms with Crippen LogP contribution in [0.5, 0.6) is 11.5 Å². The van der Waals surface area contributed by atoms with Gasteiger partial charge in [-0.25, -0.2) is 18.6 Å². The Morgan fingerprint density at radius 3 is 2.57 bits per heavy atom. The number of nitrogens with zero attached hydrogens (tertiary/aromatic N) is 1. The molecule has 0 saturated heterocycles. The minimum Gasteiger partial charge on any atom is -0.493 e. The molecule has 0 aliphatic heterocycles. The van der Waals surface area contributed by atoms with Crippen LogP contribution in [0, 0.1) is 0 Å². The van der Waals surface area contributed by atoms with Gasteiger partial charge in [-0.05, 0) is 42.6 Å². The number of hydrazone groups is 1. The molecule has 1 atom stereocenters. The third kappa shape index (κ3) is 6.29. The van der Waals surface area contributed by atoms with Crippen molar-refractivity contribution in [2.75, 3.05) is 11.8 Å². The number of hydrogen-bond donors (Lipinski definition) is 3. The van der Waals surface area contributed by atoms with Gasteiger partial charge in [0.05, 0.1) is 29.6 Å². The minimum absolute atomic E-state index is 0.0212. The number of benzene rings is 2. The molecule has 1 heterocycles. The van der Waals surface area contributed by atoms with Crippen molar-refractivity contribution in [2.24, 2.45) is 5.10 Å². The minimum atomic E-state index is -3.96. The van der Waals surface area contributed by atoms with E-state index in [2.05, 4.69) is 15.2 Å². The van der Waals surface area contributed by atoms with Crippen LogP contribution in [0.15, 0.2) is 63.2 Å². The molecule has 3 aromatic rings. The number of rotatable bonds is 10. The number of amides is 1. The van der Waals surface area contributed by atoms with Crippen LogP contribution in [0.3, 0.4) is 0 Å². The van der Waals surface area contributed by atoms with Crippen LogP contribution in [-0.4, -0.2) is 44.8 Å². The van der Waals surface area contributed by atoms with Gasteiger partial charge in [0.25, 0.3) is 15.9 Å². The largest absolute Gasteiger partial charge is 0.493 e. The van der Waals surface area contributed by atoms with Crippen LogP contribution >= 0.6 is 22.9 Å². The lowest BCUT2D eigenvalue weighted by molar-refractivity contribution is -0.144. The predicted octanol–water partition coefficient (Wildman–Crippen LogP) is 3.83. The molecule has 10 nitrogen and oxygen atoms in total. The molecule has 1 unspecified atom stereocenters. The third-order valence-electron chi connectivity index (χ3n) is 4.50. The van der Waals surface area contributed by atoms with Gasteiger partial charge in [-0.3, -0.25) is 9.52 Å². The lowest BCUT2D eigenvalue weighted by atomic mass is 10.2. The molecule has 1 amide bonds. The van der Waals surface area contributed by atoms with Crippen molar-refractivity contribution in [2.45, 2.75) is 17.2 Å². The number of carbonyl (C=O) groups is 2. The van der Waals surface area contributed by atoms with Gasteiger partial charge in [0.2, 0.25) is 0 Å². The fraction of sp³-hybridized carbons (Fsp3) is 0.136. The van der Waals surface area contributed by atoms with E-state index in [9.17, 15) is 18.0 Å². The second kappa shape index (κ2) is 11.2. The Morgan fingerprint density at radius 2 is 1.91 bits per heavy atom. The van der Waals surface area contributed by atoms with Gasteiger partial charge in [0.15, 0.2) is 17.6 Å². The van der Waals surface area contributed by atoms with E-state index in [4.69, 9.17) is 26.2 Å². The molecule has 2 aromatic carbocycles. The number of hydrogen-bond acceptors (Lipinski definition) is 8. The van der Waals surface area contributed by atoms with Crippen LogP contribution < -0.4 is 19.6 Å². The number of aliphatic carboxylic acids is 1. The van der Waals surface area contributed by atoms with Gasteiger partial charge in [-0.15, -0.1) is 11.3 Å². The molecule has 3 N–H and O–H groups in total. The van der Waals surface area contributed by atoms with Crippen LogP contribution in [-0.2, 0) is 14.8 Å². The summed E-state index contributed by atoms with van der Waals surface area (Å²) < 4.78 is 38.4. The van der Waals surface area contributed by atoms with E-state index in [-0.39, 0.29) is 32.0 Å². The predicted molar refractivity (Wildman–Crippen MR) is 132 cm³/mol. The summed E-state index contributed by atoms with van der Waals surface area (Å²) in [6.45, 7) is 1.36. The number of carboxylic acids is 1. The van der Waals surface area contributed by atoms with Crippen molar-refractivity contribution in [1.82, 2.24) is 5.43 Å². The van der Waals surface area contributed by atoms with Gasteiger partial charge in [-0.2, -0.15) is 5.10 Å². The molecule has 35 heavy (non-hydrogen) atoms. The summed E-state index contributed by atoms with van der Waals surface area (Å²) in [4.78, 5) is 24.0. The zero-order valence-corrected chi connectivity index (χ0v) is 20.8. The molecule has 1 aromatic heterocycles. The molecule has 0 aliphatic rings. The number of ether oxygens (including phenoxy) is 2. The van der Waals surface area contributed by atoms with E-state index in [1.807, 2.05) is 0 Å². The normalized spacial score (nSPS) is 12.2. The fourth-order valence-electron chi connectivity index (χ4n) is 2.79. The maximum Gasteiger partial charge on any atom is 0.344 e. The first-order valence-electron chi connectivity index (χ1n) is 9.88. The monoisotopic (exact) mass is 537 g/mol. The van der Waals surface area contributed by atoms with Crippen molar-refractivity contribution >= 4 is 56.7 Å². The quantitative estimate of drug-likeness (QED) is 0.263. The lowest BCUT2D eigenvalue weighted by Crippen LogP contribution is -2.24. The summed E-state index contributed by atoms with van der Waals surface area (Å²) in [7, 11) is -2.56. The summed E-state index contributed by atoms with van der Waals surface area (Å²) in [5, 5.41) is 14.7. The molecule has 0 radical (unpaired) electrons. The molecule has 0 saturated carbocycles. The van der Waals surface area contributed by atoms with Crippen LogP contribution in [0.2, 0.25) is 5.02 Å². The standard InChI is InChI=1S/C22H20ClN3O7S2/c1-13(22(28)29)33-20-14(6-3-9-17(20)32-2)12-24-25-21(27)15-7-4-8-16(23)19(15)26-35(30,31)18-10-5-11-34-18/h3-13,26H,1-2H3,(H,25,27)(H,28,29)/b24-12-. The molecule has 0 spiro atoms. The first-order chi connectivity index (χ1) is 16.6. The van der Waals surface area contributed by atoms with E-state index in [1.165, 1.54) is 44.5 Å². The van der Waals surface area contributed by atoms with Crippen molar-refractivity contribution in [3.8, 4) is 11.5 Å². The van der Waals surface area contributed by atoms with Crippen molar-refractivity contribution < 1.29 is 32.6 Å². The van der Waals surface area contributed by atoms with E-state index in [0.29, 0.717) is 5.56 Å². The van der Waals surface area contributed by atoms with Crippen LogP contribution in [0.1, 0.15) is 22.8 Å². The number of methoxy groups -OCH3 is 1. The number of nitrogens with one attached hydrogen (secondary N) is 2. The Balaban J connectivity index is 1.84. The average molecular weight is 538 g/mol. The molecular formula is C22H20ClN3O7S2. The summed E-state index contributed by atoms with van der Waals surface area (Å²) in [5.41, 5.74) is 2.48. The first kappa shape index (κ1) is 26.0. The smallest absolute Gasteiger partial charge is 0.344 e. The van der Waals surface area contributed by atoms with Crippen LogP contribution in [0.4, 0.5) is 5.69 Å². The van der Waals surface area contributed by atoms with E-state index < -0.39 is 28.0 Å². The van der Waals surface area contributed by atoms with E-state index in [1.54, 1.807) is 29.6 Å². The molecule has 0 aliphatic carbocycles. The summed E-state index contributed by atoms with van der Waals surface area (Å²) >= 11 is 7.19. The van der Waals surface area contributed by atoms with Crippen molar-refractivity contribution in [3.63, 3.8) is 0 Å². The van der Waals surface area contributed by atoms with E-state index in [0.717, 1.165) is 11.3 Å². The van der Waals surface area contributed by atoms with Crippen molar-refractivity contribution in [1.29, 1.82) is 0 Å². The molecular weight excluding hydrogens is 518 g/mol. The lowest BCUT2D eigenvalue weighted by Gasteiger charge is -2.15. The fourth-order valence-corrected chi connectivity index (χ4v) is 5.16. The molecule has 0 fully saturated rings. The van der Waals surface area contributed by atoms with Crippen LogP contribution in [0.25, 0.3) is 0 Å². The Hall–Kier alpha value is -3.61. The Morgan fingerprint density at radius 1 is 1.17 bits per heavy atom. The summed E-state index contributed by atoms with van der Waals surface area (Å²) in [6.07, 6.45) is 0.0723. The Bertz CT molecular complexity index is 1360. The zero-order valence-electron chi connectivity index (χ0n) is 18.4. The van der Waals surface area contributed by atoms with E-state index >= 15 is 0 Å². The number of para-hydroxylation sites is 2. The van der Waals surface area contributed by atoms with Gasteiger partial charge < -0.3 is 14.6 Å². The zero-order chi connectivity index (χ0) is 25.6. The highest BCUT2D eigenvalue weighted by atomic mass is 35.5. The molecule has 0 bridgehead atoms. The molecule has 184 valence electrons. The second-order valence-electron chi connectivity index (χ2n) is 6.88. The van der Waals surface area contributed by atoms with Gasteiger partial charge in [-0.1, -0.05) is 29.8 Å². The SMILES string of the molecule is COc1cccc(/C=N\NC(=O)c2cccc(Cl)c2NS(=O)(=O)c2cccs2)c1OC(C)C(=O)O. The number of carboxylic acid groups (broad SMARTS) is 1. The third-order valence-corrected chi connectivity index (χ3v) is 7.56. The Kier molecular flexibility index (Phi) is 8.33. The molecule has 13 heteroatoms. The van der Waals surface area contributed by atoms with Gasteiger partial charge in [0.1, 0.15) is 4.21 Å². The topological polar surface area (TPSA) is 143 Å². The summed E-state index contributed by atoms with van der Waals surface area (Å²) in [6, 6.07) is 12.1. The highest BCUT2D eigenvalue weighted by molar-refractivity contribution is 7.94. The van der Waals surface area contributed by atoms with Crippen molar-refractivity contribution in [3.05, 3.63) is 70.1 Å².